The van der Waals surface area contributed by atoms with Crippen molar-refractivity contribution in [2.45, 2.75) is 25.0 Å². The molecule has 172 valence electrons. The lowest BCUT2D eigenvalue weighted by molar-refractivity contribution is 0.129. The summed E-state index contributed by atoms with van der Waals surface area (Å²) in [4.78, 5) is 11.6. The fraction of sp³-hybridized carbons (Fsp3) is 0.227. The molecule has 2 unspecified atom stereocenters. The van der Waals surface area contributed by atoms with Crippen molar-refractivity contribution in [2.24, 2.45) is 0 Å². The van der Waals surface area contributed by atoms with Crippen LogP contribution in [0.5, 0.6) is 17.4 Å². The topological polar surface area (TPSA) is 136 Å². The third-order valence-corrected chi connectivity index (χ3v) is 5.59. The SMILES string of the molecule is C=S(C)(=O)c1cnc(Oc2cc(OC(C)CO)cc(-c3ccc(-c4nnc(C)o4)[nH]3)c2)cn1. The van der Waals surface area contributed by atoms with Crippen LogP contribution in [0.25, 0.3) is 22.8 Å². The Bertz CT molecular complexity index is 1360. The van der Waals surface area contributed by atoms with Gasteiger partial charge in [0.1, 0.15) is 28.3 Å². The molecule has 0 aliphatic rings. The normalized spacial score (nSPS) is 13.9. The van der Waals surface area contributed by atoms with E-state index in [9.17, 15) is 9.32 Å². The molecule has 2 atom stereocenters. The molecule has 0 amide bonds. The van der Waals surface area contributed by atoms with Crippen LogP contribution in [-0.2, 0) is 9.52 Å². The molecule has 3 aromatic heterocycles. The number of aryl methyl sites for hydroxylation is 1. The highest BCUT2D eigenvalue weighted by Crippen LogP contribution is 2.33. The average Bonchev–Trinajstić information content (AvgIpc) is 3.42. The van der Waals surface area contributed by atoms with Crippen molar-refractivity contribution in [1.29, 1.82) is 0 Å². The van der Waals surface area contributed by atoms with E-state index in [4.69, 9.17) is 13.9 Å². The Labute approximate surface area is 190 Å². The van der Waals surface area contributed by atoms with E-state index < -0.39 is 15.6 Å². The van der Waals surface area contributed by atoms with Gasteiger partial charge < -0.3 is 24.0 Å². The minimum atomic E-state index is -2.47. The highest BCUT2D eigenvalue weighted by Gasteiger charge is 2.14. The average molecular weight is 470 g/mol. The van der Waals surface area contributed by atoms with Crippen molar-refractivity contribution in [3.8, 4) is 40.2 Å². The zero-order valence-corrected chi connectivity index (χ0v) is 19.1. The van der Waals surface area contributed by atoms with Crippen molar-refractivity contribution < 1.29 is 23.2 Å². The van der Waals surface area contributed by atoms with Crippen molar-refractivity contribution in [3.05, 3.63) is 48.6 Å². The Morgan fingerprint density at radius 3 is 2.55 bits per heavy atom. The van der Waals surface area contributed by atoms with E-state index >= 15 is 0 Å². The number of nitrogens with one attached hydrogen (secondary N) is 1. The molecule has 0 aliphatic heterocycles. The number of nitrogens with zero attached hydrogens (tertiary/aromatic N) is 4. The van der Waals surface area contributed by atoms with E-state index in [1.807, 2.05) is 18.2 Å². The second-order valence-corrected chi connectivity index (χ2v) is 9.94. The Kier molecular flexibility index (Phi) is 6.16. The summed E-state index contributed by atoms with van der Waals surface area (Å²) in [5.41, 5.74) is 2.19. The molecule has 3 heterocycles. The van der Waals surface area contributed by atoms with Crippen molar-refractivity contribution in [3.63, 3.8) is 0 Å². The minimum Gasteiger partial charge on any atom is -0.488 e. The monoisotopic (exact) mass is 469 g/mol. The zero-order valence-electron chi connectivity index (χ0n) is 18.3. The summed E-state index contributed by atoms with van der Waals surface area (Å²) in [5.74, 6) is 5.59. The van der Waals surface area contributed by atoms with Crippen LogP contribution in [0.1, 0.15) is 12.8 Å². The van der Waals surface area contributed by atoms with Crippen LogP contribution >= 0.6 is 0 Å². The van der Waals surface area contributed by atoms with E-state index in [0.717, 1.165) is 11.3 Å². The molecule has 0 saturated heterocycles. The molecule has 33 heavy (non-hydrogen) atoms. The number of hydrogen-bond donors (Lipinski definition) is 2. The van der Waals surface area contributed by atoms with E-state index in [1.165, 1.54) is 18.6 Å². The lowest BCUT2D eigenvalue weighted by atomic mass is 10.1. The molecule has 1 aromatic carbocycles. The molecule has 10 nitrogen and oxygen atoms in total. The third kappa shape index (κ3) is 5.38. The maximum absolute atomic E-state index is 12.0. The molecule has 4 rings (SSSR count). The van der Waals surface area contributed by atoms with Gasteiger partial charge in [-0.3, -0.25) is 4.21 Å². The van der Waals surface area contributed by atoms with Crippen LogP contribution in [0.15, 0.2) is 52.2 Å². The van der Waals surface area contributed by atoms with Crippen molar-refractivity contribution in [2.75, 3.05) is 12.9 Å². The minimum absolute atomic E-state index is 0.141. The van der Waals surface area contributed by atoms with Gasteiger partial charge in [-0.1, -0.05) is 0 Å². The van der Waals surface area contributed by atoms with Crippen LogP contribution in [0, 0.1) is 6.92 Å². The van der Waals surface area contributed by atoms with Gasteiger partial charge in [-0.05, 0) is 37.1 Å². The molecule has 0 fully saturated rings. The van der Waals surface area contributed by atoms with Gasteiger partial charge in [0, 0.05) is 40.0 Å². The van der Waals surface area contributed by atoms with Crippen LogP contribution in [0.3, 0.4) is 0 Å². The number of aromatic amines is 1. The van der Waals surface area contributed by atoms with Crippen LogP contribution in [-0.4, -0.2) is 59.3 Å². The van der Waals surface area contributed by atoms with Crippen LogP contribution in [0.2, 0.25) is 0 Å². The van der Waals surface area contributed by atoms with Crippen molar-refractivity contribution in [1.82, 2.24) is 25.1 Å². The Hall–Kier alpha value is -3.70. The lowest BCUT2D eigenvalue weighted by Crippen LogP contribution is -2.16. The molecule has 0 bridgehead atoms. The maximum Gasteiger partial charge on any atom is 0.264 e. The van der Waals surface area contributed by atoms with E-state index in [2.05, 4.69) is 31.0 Å². The summed E-state index contributed by atoms with van der Waals surface area (Å²) in [7, 11) is -2.47. The van der Waals surface area contributed by atoms with Gasteiger partial charge in [-0.25, -0.2) is 9.97 Å². The molecule has 4 aromatic rings. The first-order valence-electron chi connectivity index (χ1n) is 9.96. The van der Waals surface area contributed by atoms with Crippen LogP contribution in [0.4, 0.5) is 0 Å². The predicted molar refractivity (Wildman–Crippen MR) is 123 cm³/mol. The Morgan fingerprint density at radius 1 is 1.15 bits per heavy atom. The van der Waals surface area contributed by atoms with Gasteiger partial charge >= 0.3 is 0 Å². The summed E-state index contributed by atoms with van der Waals surface area (Å²) >= 11 is 0. The predicted octanol–water partition coefficient (Wildman–Crippen LogP) is 3.09. The molecule has 0 saturated carbocycles. The summed E-state index contributed by atoms with van der Waals surface area (Å²) in [6, 6.07) is 9.00. The van der Waals surface area contributed by atoms with Gasteiger partial charge in [-0.2, -0.15) is 0 Å². The van der Waals surface area contributed by atoms with Gasteiger partial charge in [0.05, 0.1) is 19.0 Å². The first-order chi connectivity index (χ1) is 15.7. The highest BCUT2D eigenvalue weighted by atomic mass is 32.2. The summed E-state index contributed by atoms with van der Waals surface area (Å²) in [5, 5.41) is 17.5. The summed E-state index contributed by atoms with van der Waals surface area (Å²) in [6.45, 7) is 3.33. The molecule has 2 N–H and O–H groups in total. The first kappa shape index (κ1) is 22.5. The number of benzene rings is 1. The number of aromatic nitrogens is 5. The number of H-pyrrole nitrogens is 1. The van der Waals surface area contributed by atoms with Crippen molar-refractivity contribution >= 4 is 15.4 Å². The number of aliphatic hydroxyl groups excluding tert-OH is 1. The van der Waals surface area contributed by atoms with Gasteiger partial charge in [0.25, 0.3) is 5.89 Å². The van der Waals surface area contributed by atoms with Gasteiger partial charge in [0.15, 0.2) is 0 Å². The number of rotatable bonds is 8. The quantitative estimate of drug-likeness (QED) is 0.373. The number of hydrogen-bond acceptors (Lipinski definition) is 9. The molecular formula is C22H23N5O5S. The van der Waals surface area contributed by atoms with Gasteiger partial charge in [-0.15, -0.1) is 10.2 Å². The second-order valence-electron chi connectivity index (χ2n) is 7.52. The standard InChI is InChI=1S/C22H23N5O5S/c1-13(12-28)30-16-7-15(18-5-6-19(25-18)22-27-26-14(2)31-22)8-17(9-16)32-20-10-24-21(11-23-20)33(3,4)29/h5-11,13,25,28H,3,12H2,1-2,4H3. The fourth-order valence-electron chi connectivity index (χ4n) is 2.92. The molecule has 0 spiro atoms. The highest BCUT2D eigenvalue weighted by molar-refractivity contribution is 7.99. The molecular weight excluding hydrogens is 446 g/mol. The number of ether oxygens (including phenoxy) is 2. The smallest absolute Gasteiger partial charge is 0.264 e. The van der Waals surface area contributed by atoms with E-state index in [-0.39, 0.29) is 12.5 Å². The van der Waals surface area contributed by atoms with Gasteiger partial charge in [0.2, 0.25) is 11.8 Å². The summed E-state index contributed by atoms with van der Waals surface area (Å²) in [6.07, 6.45) is 3.84. The Morgan fingerprint density at radius 2 is 1.91 bits per heavy atom. The lowest BCUT2D eigenvalue weighted by Gasteiger charge is -2.15. The summed E-state index contributed by atoms with van der Waals surface area (Å²) < 4.78 is 29.2. The largest absolute Gasteiger partial charge is 0.488 e. The Balaban J connectivity index is 1.67. The molecule has 11 heteroatoms. The van der Waals surface area contributed by atoms with E-state index in [1.54, 1.807) is 26.0 Å². The first-order valence-corrected chi connectivity index (χ1v) is 12.1. The van der Waals surface area contributed by atoms with E-state index in [0.29, 0.717) is 34.0 Å². The second kappa shape index (κ2) is 9.04. The van der Waals surface area contributed by atoms with Crippen LogP contribution < -0.4 is 9.47 Å². The molecule has 0 radical (unpaired) electrons. The number of aliphatic hydroxyl groups is 1. The third-order valence-electron chi connectivity index (χ3n) is 4.50. The zero-order chi connectivity index (χ0) is 23.6. The maximum atomic E-state index is 12.0. The fourth-order valence-corrected chi connectivity index (χ4v) is 3.47. The molecule has 0 aliphatic carbocycles.